The van der Waals surface area contributed by atoms with E-state index in [1.165, 1.54) is 11.8 Å². The van der Waals surface area contributed by atoms with Crippen molar-refractivity contribution >= 4 is 39.8 Å². The maximum atomic E-state index is 11.7. The molecule has 2 N–H and O–H groups in total. The number of hydrogen-bond acceptors (Lipinski definition) is 4. The number of ether oxygens (including phenoxy) is 1. The second-order valence-electron chi connectivity index (χ2n) is 6.95. The molecule has 0 bridgehead atoms. The summed E-state index contributed by atoms with van der Waals surface area (Å²) in [6, 6.07) is 13.5. The number of nitrogens with zero attached hydrogens (tertiary/aromatic N) is 1. The monoisotopic (exact) mass is 545 g/mol. The summed E-state index contributed by atoms with van der Waals surface area (Å²) in [6.45, 7) is 5.91. The lowest BCUT2D eigenvalue weighted by Crippen LogP contribution is -2.37. The van der Waals surface area contributed by atoms with Crippen LogP contribution in [0.3, 0.4) is 0 Å². The molecule has 0 saturated carbocycles. The molecule has 2 aromatic carbocycles. The smallest absolute Gasteiger partial charge is 0.191 e. The Balaban J connectivity index is 0.00000450. The van der Waals surface area contributed by atoms with Crippen LogP contribution in [0, 0.1) is 6.92 Å². The Morgan fingerprint density at radius 2 is 1.73 bits per heavy atom. The minimum Gasteiger partial charge on any atom is -0.497 e. The van der Waals surface area contributed by atoms with Crippen molar-refractivity contribution in [3.63, 3.8) is 0 Å². The van der Waals surface area contributed by atoms with E-state index in [9.17, 15) is 8.42 Å². The molecule has 8 heteroatoms. The molecule has 0 heterocycles. The van der Waals surface area contributed by atoms with E-state index in [4.69, 9.17) is 4.74 Å². The van der Waals surface area contributed by atoms with Crippen molar-refractivity contribution in [3.05, 3.63) is 59.2 Å². The fourth-order valence-corrected chi connectivity index (χ4v) is 3.99. The lowest BCUT2D eigenvalue weighted by Gasteiger charge is -2.12. The Morgan fingerprint density at radius 1 is 1.07 bits per heavy atom. The van der Waals surface area contributed by atoms with Gasteiger partial charge in [0.25, 0.3) is 0 Å². The Kier molecular flexibility index (Phi) is 11.2. The molecular weight excluding hydrogens is 513 g/mol. The van der Waals surface area contributed by atoms with Gasteiger partial charge in [-0.25, -0.2) is 13.4 Å². The molecule has 0 radical (unpaired) electrons. The molecule has 0 atom stereocenters. The predicted octanol–water partition coefficient (Wildman–Crippen LogP) is 3.71. The van der Waals surface area contributed by atoms with Crippen molar-refractivity contribution in [3.8, 4) is 5.75 Å². The van der Waals surface area contributed by atoms with Gasteiger partial charge in [-0.2, -0.15) is 0 Å². The highest BCUT2D eigenvalue weighted by molar-refractivity contribution is 14.0. The number of hydrogen-bond donors (Lipinski definition) is 2. The molecule has 0 unspecified atom stereocenters. The first-order chi connectivity index (χ1) is 13.8. The zero-order chi connectivity index (χ0) is 21.3. The van der Waals surface area contributed by atoms with Gasteiger partial charge in [0.05, 0.1) is 18.6 Å². The van der Waals surface area contributed by atoms with Crippen LogP contribution in [0.2, 0.25) is 0 Å². The van der Waals surface area contributed by atoms with Gasteiger partial charge in [-0.15, -0.1) is 24.0 Å². The molecule has 166 valence electrons. The third-order valence-electron chi connectivity index (χ3n) is 4.50. The van der Waals surface area contributed by atoms with Crippen LogP contribution in [-0.4, -0.2) is 40.8 Å². The van der Waals surface area contributed by atoms with Gasteiger partial charge >= 0.3 is 0 Å². The SMILES string of the molecule is CCNC(=NCc1ccc(S(C)(=O)=O)c(C)c1)NCCCc1ccc(OC)cc1.I. The van der Waals surface area contributed by atoms with E-state index in [2.05, 4.69) is 27.8 Å². The number of benzene rings is 2. The predicted molar refractivity (Wildman–Crippen MR) is 134 cm³/mol. The summed E-state index contributed by atoms with van der Waals surface area (Å²) >= 11 is 0. The number of rotatable bonds is 9. The van der Waals surface area contributed by atoms with Crippen LogP contribution in [0.1, 0.15) is 30.0 Å². The molecule has 0 spiro atoms. The molecule has 0 aromatic heterocycles. The van der Waals surface area contributed by atoms with E-state index in [0.717, 1.165) is 48.8 Å². The zero-order valence-corrected chi connectivity index (χ0v) is 21.2. The average Bonchev–Trinajstić information content (AvgIpc) is 2.68. The Morgan fingerprint density at radius 3 is 2.30 bits per heavy atom. The van der Waals surface area contributed by atoms with Crippen molar-refractivity contribution in [2.45, 2.75) is 38.1 Å². The van der Waals surface area contributed by atoms with Crippen LogP contribution >= 0.6 is 24.0 Å². The lowest BCUT2D eigenvalue weighted by molar-refractivity contribution is 0.414. The molecular formula is C22H32IN3O3S. The third kappa shape index (κ3) is 8.51. The number of halogens is 1. The summed E-state index contributed by atoms with van der Waals surface area (Å²) in [5.74, 6) is 1.63. The summed E-state index contributed by atoms with van der Waals surface area (Å²) in [4.78, 5) is 4.98. The van der Waals surface area contributed by atoms with Gasteiger partial charge in [-0.3, -0.25) is 0 Å². The van der Waals surface area contributed by atoms with Crippen molar-refractivity contribution in [1.29, 1.82) is 0 Å². The molecule has 0 saturated heterocycles. The van der Waals surface area contributed by atoms with Crippen LogP contribution in [0.4, 0.5) is 0 Å². The number of sulfone groups is 1. The van der Waals surface area contributed by atoms with Crippen LogP contribution in [-0.2, 0) is 22.8 Å². The molecule has 2 rings (SSSR count). The minimum atomic E-state index is -3.20. The van der Waals surface area contributed by atoms with Crippen molar-refractivity contribution in [2.24, 2.45) is 4.99 Å². The number of aryl methyl sites for hydroxylation is 2. The molecule has 6 nitrogen and oxygen atoms in total. The Labute approximate surface area is 197 Å². The first-order valence-corrected chi connectivity index (χ1v) is 11.7. The van der Waals surface area contributed by atoms with Gasteiger partial charge in [0.2, 0.25) is 0 Å². The van der Waals surface area contributed by atoms with Crippen LogP contribution in [0.25, 0.3) is 0 Å². The van der Waals surface area contributed by atoms with Gasteiger partial charge in [-0.1, -0.05) is 24.3 Å². The average molecular weight is 545 g/mol. The summed E-state index contributed by atoms with van der Waals surface area (Å²) in [6.07, 6.45) is 3.19. The quantitative estimate of drug-likeness (QED) is 0.218. The fourth-order valence-electron chi connectivity index (χ4n) is 3.03. The van der Waals surface area contributed by atoms with Crippen molar-refractivity contribution in [1.82, 2.24) is 10.6 Å². The van der Waals surface area contributed by atoms with Crippen LogP contribution in [0.15, 0.2) is 52.4 Å². The van der Waals surface area contributed by atoms with Crippen LogP contribution < -0.4 is 15.4 Å². The lowest BCUT2D eigenvalue weighted by atomic mass is 10.1. The fraction of sp³-hybridized carbons (Fsp3) is 0.409. The van der Waals surface area contributed by atoms with E-state index in [1.54, 1.807) is 13.2 Å². The van der Waals surface area contributed by atoms with Crippen LogP contribution in [0.5, 0.6) is 5.75 Å². The van der Waals surface area contributed by atoms with E-state index < -0.39 is 9.84 Å². The molecule has 30 heavy (non-hydrogen) atoms. The molecule has 0 fully saturated rings. The van der Waals surface area contributed by atoms with E-state index in [1.807, 2.05) is 38.1 Å². The first kappa shape index (κ1) is 26.2. The maximum Gasteiger partial charge on any atom is 0.191 e. The highest BCUT2D eigenvalue weighted by Gasteiger charge is 2.10. The molecule has 2 aromatic rings. The largest absolute Gasteiger partial charge is 0.497 e. The van der Waals surface area contributed by atoms with Gasteiger partial charge in [-0.05, 0) is 61.6 Å². The minimum absolute atomic E-state index is 0. The number of nitrogens with one attached hydrogen (secondary N) is 2. The highest BCUT2D eigenvalue weighted by atomic mass is 127. The van der Waals surface area contributed by atoms with Gasteiger partial charge < -0.3 is 15.4 Å². The molecule has 0 amide bonds. The van der Waals surface area contributed by atoms with Gasteiger partial charge in [0, 0.05) is 19.3 Å². The normalized spacial score (nSPS) is 11.5. The molecule has 0 aliphatic carbocycles. The third-order valence-corrected chi connectivity index (χ3v) is 5.75. The van der Waals surface area contributed by atoms with Gasteiger partial charge in [0.1, 0.15) is 5.75 Å². The number of aliphatic imine (C=N–C) groups is 1. The zero-order valence-electron chi connectivity index (χ0n) is 18.1. The maximum absolute atomic E-state index is 11.7. The number of guanidine groups is 1. The van der Waals surface area contributed by atoms with Gasteiger partial charge in [0.15, 0.2) is 15.8 Å². The summed E-state index contributed by atoms with van der Waals surface area (Å²) in [5.41, 5.74) is 3.00. The molecule has 0 aliphatic heterocycles. The van der Waals surface area contributed by atoms with E-state index in [-0.39, 0.29) is 24.0 Å². The molecule has 0 aliphatic rings. The summed E-state index contributed by atoms with van der Waals surface area (Å²) in [5, 5.41) is 6.60. The van der Waals surface area contributed by atoms with E-state index >= 15 is 0 Å². The second-order valence-corrected chi connectivity index (χ2v) is 8.93. The van der Waals surface area contributed by atoms with Crippen molar-refractivity contribution in [2.75, 3.05) is 26.5 Å². The Hall–Kier alpha value is -1.81. The second kappa shape index (κ2) is 12.8. The standard InChI is InChI=1S/C22H31N3O3S.HI/c1-5-23-22(24-14-6-7-18-8-11-20(28-3)12-9-18)25-16-19-10-13-21(17(2)15-19)29(4,26)27;/h8-13,15H,5-7,14,16H2,1-4H3,(H2,23,24,25);1H. The number of methoxy groups -OCH3 is 1. The topological polar surface area (TPSA) is 79.8 Å². The summed E-state index contributed by atoms with van der Waals surface area (Å²) in [7, 11) is -1.53. The van der Waals surface area contributed by atoms with Crippen molar-refractivity contribution < 1.29 is 13.2 Å². The highest BCUT2D eigenvalue weighted by Crippen LogP contribution is 2.17. The first-order valence-electron chi connectivity index (χ1n) is 9.78. The Bertz CT molecular complexity index is 929. The van der Waals surface area contributed by atoms with E-state index in [0.29, 0.717) is 11.4 Å². The summed E-state index contributed by atoms with van der Waals surface area (Å²) < 4.78 is 28.7.